The van der Waals surface area contributed by atoms with Gasteiger partial charge in [-0.3, -0.25) is 0 Å². The molecular formula is C17H30Li2O4. The predicted octanol–water partition coefficient (Wildman–Crippen LogP) is -3.80. The Balaban J connectivity index is -0.00000200. The molecule has 0 aliphatic carbocycles. The number of carbonyl (C=O) groups excluding carboxylic acids is 2. The Bertz CT molecular complexity index is 295. The summed E-state index contributed by atoms with van der Waals surface area (Å²) in [5.74, 6) is -3.03. The van der Waals surface area contributed by atoms with Crippen molar-refractivity contribution in [1.82, 2.24) is 0 Å². The van der Waals surface area contributed by atoms with Gasteiger partial charge in [-0.1, -0.05) is 78.1 Å². The molecule has 4 nitrogen and oxygen atoms in total. The van der Waals surface area contributed by atoms with Crippen LogP contribution in [0.15, 0.2) is 0 Å². The van der Waals surface area contributed by atoms with Crippen molar-refractivity contribution in [2.75, 3.05) is 0 Å². The number of hydrogen-bond acceptors (Lipinski definition) is 4. The molecule has 0 aromatic rings. The van der Waals surface area contributed by atoms with Gasteiger partial charge in [0.25, 0.3) is 0 Å². The number of hydrogen-bond donors (Lipinski definition) is 0. The Hall–Kier alpha value is 0.135. The van der Waals surface area contributed by atoms with Crippen LogP contribution in [0.3, 0.4) is 0 Å². The van der Waals surface area contributed by atoms with Gasteiger partial charge >= 0.3 is 37.7 Å². The minimum atomic E-state index is -1.81. The van der Waals surface area contributed by atoms with E-state index in [9.17, 15) is 19.8 Å². The fraction of sp³-hybridized carbons (Fsp3) is 0.882. The van der Waals surface area contributed by atoms with Gasteiger partial charge in [0.1, 0.15) is 0 Å². The third-order valence-corrected chi connectivity index (χ3v) is 4.34. The average Bonchev–Trinajstić information content (AvgIpc) is 2.44. The van der Waals surface area contributed by atoms with Gasteiger partial charge in [0, 0.05) is 5.41 Å². The summed E-state index contributed by atoms with van der Waals surface area (Å²) in [6, 6.07) is 0. The quantitative estimate of drug-likeness (QED) is 0.187. The minimum Gasteiger partial charge on any atom is -0.549 e. The Labute approximate surface area is 165 Å². The number of carbonyl (C=O) groups is 2. The molecule has 0 fully saturated rings. The van der Waals surface area contributed by atoms with Gasteiger partial charge in [0.2, 0.25) is 0 Å². The zero-order valence-electron chi connectivity index (χ0n) is 15.6. The molecule has 0 spiro atoms. The van der Waals surface area contributed by atoms with Crippen LogP contribution in [0.4, 0.5) is 0 Å². The van der Waals surface area contributed by atoms with E-state index in [1.54, 1.807) is 6.92 Å². The molecule has 0 radical (unpaired) electrons. The standard InChI is InChI=1S/C17H32O4.2Li/c1-3-5-6-7-8-9-10-11-12-13-14-17(4-2,15(18)19)16(20)21;;/h3-14H2,1-2H3,(H,18,19)(H,20,21);;/q;2*+1/p-2. The first-order chi connectivity index (χ1) is 10.0. The molecule has 0 saturated carbocycles. The van der Waals surface area contributed by atoms with E-state index in [0.717, 1.165) is 19.3 Å². The molecule has 124 valence electrons. The minimum absolute atomic E-state index is 0. The zero-order valence-corrected chi connectivity index (χ0v) is 15.6. The molecule has 0 N–H and O–H groups in total. The summed E-state index contributed by atoms with van der Waals surface area (Å²) >= 11 is 0. The van der Waals surface area contributed by atoms with Gasteiger partial charge < -0.3 is 19.8 Å². The van der Waals surface area contributed by atoms with Crippen molar-refractivity contribution in [2.24, 2.45) is 5.41 Å². The van der Waals surface area contributed by atoms with E-state index in [0.29, 0.717) is 6.42 Å². The van der Waals surface area contributed by atoms with Crippen molar-refractivity contribution in [3.63, 3.8) is 0 Å². The Morgan fingerprint density at radius 2 is 1.04 bits per heavy atom. The van der Waals surface area contributed by atoms with E-state index in [-0.39, 0.29) is 50.6 Å². The number of rotatable bonds is 14. The van der Waals surface area contributed by atoms with Crippen molar-refractivity contribution < 1.29 is 57.5 Å². The molecule has 0 heterocycles. The second-order valence-corrected chi connectivity index (χ2v) is 5.94. The van der Waals surface area contributed by atoms with Gasteiger partial charge in [0.05, 0.1) is 11.9 Å². The van der Waals surface area contributed by atoms with Crippen LogP contribution >= 0.6 is 0 Å². The summed E-state index contributed by atoms with van der Waals surface area (Å²) in [7, 11) is 0. The normalized spacial score (nSPS) is 10.5. The number of carboxylic acids is 2. The summed E-state index contributed by atoms with van der Waals surface area (Å²) in [5.41, 5.74) is -1.81. The number of carboxylic acid groups (broad SMARTS) is 2. The molecule has 0 rings (SSSR count). The molecule has 0 unspecified atom stereocenters. The predicted molar refractivity (Wildman–Crippen MR) is 79.2 cm³/mol. The van der Waals surface area contributed by atoms with Gasteiger partial charge in [-0.15, -0.1) is 0 Å². The monoisotopic (exact) mass is 312 g/mol. The maximum absolute atomic E-state index is 11.1. The topological polar surface area (TPSA) is 80.3 Å². The van der Waals surface area contributed by atoms with Crippen LogP contribution < -0.4 is 47.9 Å². The fourth-order valence-corrected chi connectivity index (χ4v) is 2.67. The van der Waals surface area contributed by atoms with Crippen LogP contribution in [0.25, 0.3) is 0 Å². The molecule has 0 atom stereocenters. The van der Waals surface area contributed by atoms with Gasteiger partial charge in [-0.25, -0.2) is 0 Å². The molecule has 6 heteroatoms. The van der Waals surface area contributed by atoms with Gasteiger partial charge in [-0.05, 0) is 12.8 Å². The molecule has 23 heavy (non-hydrogen) atoms. The van der Waals surface area contributed by atoms with Crippen molar-refractivity contribution in [3.8, 4) is 0 Å². The molecule has 0 aromatic heterocycles. The second kappa shape index (κ2) is 17.0. The Morgan fingerprint density at radius 1 is 0.696 bits per heavy atom. The SMILES string of the molecule is CCCCCCCCCCCCC(CC)(C(=O)[O-])C(=O)[O-].[Li+].[Li+]. The summed E-state index contributed by atoms with van der Waals surface area (Å²) in [6.45, 7) is 3.76. The second-order valence-electron chi connectivity index (χ2n) is 5.94. The zero-order chi connectivity index (χ0) is 16.1. The van der Waals surface area contributed by atoms with Crippen LogP contribution in [0, 0.1) is 5.41 Å². The number of aliphatic carboxylic acids is 2. The molecule has 0 aromatic carbocycles. The van der Waals surface area contributed by atoms with Crippen LogP contribution in [-0.2, 0) is 9.59 Å². The third kappa shape index (κ3) is 11.3. The van der Waals surface area contributed by atoms with E-state index >= 15 is 0 Å². The summed E-state index contributed by atoms with van der Waals surface area (Å²) in [6.07, 6.45) is 11.4. The summed E-state index contributed by atoms with van der Waals surface area (Å²) < 4.78 is 0. The van der Waals surface area contributed by atoms with Gasteiger partial charge in [0.15, 0.2) is 0 Å². The Morgan fingerprint density at radius 3 is 1.35 bits per heavy atom. The third-order valence-electron chi connectivity index (χ3n) is 4.34. The molecule has 0 aliphatic heterocycles. The fourth-order valence-electron chi connectivity index (χ4n) is 2.67. The van der Waals surface area contributed by atoms with E-state index < -0.39 is 17.4 Å². The molecular weight excluding hydrogens is 282 g/mol. The van der Waals surface area contributed by atoms with E-state index in [1.165, 1.54) is 38.5 Å². The van der Waals surface area contributed by atoms with Crippen molar-refractivity contribution >= 4 is 11.9 Å². The smallest absolute Gasteiger partial charge is 0.549 e. The largest absolute Gasteiger partial charge is 1.00 e. The molecule has 0 aliphatic rings. The van der Waals surface area contributed by atoms with Crippen molar-refractivity contribution in [1.29, 1.82) is 0 Å². The van der Waals surface area contributed by atoms with Crippen LogP contribution in [-0.4, -0.2) is 11.9 Å². The van der Waals surface area contributed by atoms with Crippen molar-refractivity contribution in [3.05, 3.63) is 0 Å². The molecule has 0 bridgehead atoms. The van der Waals surface area contributed by atoms with Crippen LogP contribution in [0.2, 0.25) is 0 Å². The first-order valence-corrected chi connectivity index (χ1v) is 8.44. The van der Waals surface area contributed by atoms with Crippen LogP contribution in [0.5, 0.6) is 0 Å². The van der Waals surface area contributed by atoms with Gasteiger partial charge in [-0.2, -0.15) is 0 Å². The maximum Gasteiger partial charge on any atom is 1.00 e. The van der Waals surface area contributed by atoms with E-state index in [1.807, 2.05) is 0 Å². The molecule has 0 saturated heterocycles. The van der Waals surface area contributed by atoms with E-state index in [2.05, 4.69) is 6.92 Å². The first-order valence-electron chi connectivity index (χ1n) is 8.44. The summed E-state index contributed by atoms with van der Waals surface area (Å²) in [4.78, 5) is 22.1. The van der Waals surface area contributed by atoms with Crippen molar-refractivity contribution in [2.45, 2.75) is 90.9 Å². The molecule has 0 amide bonds. The summed E-state index contributed by atoms with van der Waals surface area (Å²) in [5, 5.41) is 22.1. The average molecular weight is 312 g/mol. The van der Waals surface area contributed by atoms with Crippen LogP contribution in [0.1, 0.15) is 90.9 Å². The Kier molecular flexibility index (Phi) is 20.6. The maximum atomic E-state index is 11.1. The number of unbranched alkanes of at least 4 members (excludes halogenated alkanes) is 9. The van der Waals surface area contributed by atoms with E-state index in [4.69, 9.17) is 0 Å². The first kappa shape index (κ1) is 28.0.